The van der Waals surface area contributed by atoms with Gasteiger partial charge in [-0.05, 0) is 41.0 Å². The summed E-state index contributed by atoms with van der Waals surface area (Å²) in [6.07, 6.45) is -1.82. The molecule has 2 atom stereocenters. The number of halogens is 3. The largest absolute Gasteiger partial charge is 0.421 e. The van der Waals surface area contributed by atoms with Gasteiger partial charge < -0.3 is 10.3 Å². The SMILES string of the molecule is CC1CC(C)(C)c2cccc(NC(=O)[C@@]3(C(F)(F)F)C=CN(C)N3)c21. The van der Waals surface area contributed by atoms with Crippen LogP contribution in [0.4, 0.5) is 18.9 Å². The molecule has 0 bridgehead atoms. The van der Waals surface area contributed by atoms with Crippen LogP contribution in [-0.4, -0.2) is 29.7 Å². The molecule has 2 aliphatic rings. The molecule has 1 amide bonds. The smallest absolute Gasteiger partial charge is 0.324 e. The molecule has 0 aromatic heterocycles. The fourth-order valence-corrected chi connectivity index (χ4v) is 3.98. The summed E-state index contributed by atoms with van der Waals surface area (Å²) in [6.45, 7) is 6.24. The Morgan fingerprint density at radius 2 is 2.04 bits per heavy atom. The Labute approximate surface area is 145 Å². The van der Waals surface area contributed by atoms with Crippen LogP contribution in [0.5, 0.6) is 0 Å². The van der Waals surface area contributed by atoms with Crippen molar-refractivity contribution < 1.29 is 18.0 Å². The van der Waals surface area contributed by atoms with Crippen molar-refractivity contribution in [2.24, 2.45) is 0 Å². The van der Waals surface area contributed by atoms with Gasteiger partial charge in [-0.2, -0.15) is 13.2 Å². The summed E-state index contributed by atoms with van der Waals surface area (Å²) in [5.74, 6) is -0.969. The van der Waals surface area contributed by atoms with Gasteiger partial charge in [0.05, 0.1) is 0 Å². The maximum absolute atomic E-state index is 13.6. The summed E-state index contributed by atoms with van der Waals surface area (Å²) in [7, 11) is 1.42. The number of hydrogen-bond donors (Lipinski definition) is 2. The van der Waals surface area contributed by atoms with E-state index in [1.165, 1.54) is 13.2 Å². The van der Waals surface area contributed by atoms with E-state index in [4.69, 9.17) is 0 Å². The van der Waals surface area contributed by atoms with E-state index in [0.717, 1.165) is 28.6 Å². The number of benzene rings is 1. The number of anilines is 1. The second kappa shape index (κ2) is 5.49. The zero-order valence-electron chi connectivity index (χ0n) is 14.7. The number of nitrogens with one attached hydrogen (secondary N) is 2. The van der Waals surface area contributed by atoms with Crippen molar-refractivity contribution in [1.82, 2.24) is 10.4 Å². The van der Waals surface area contributed by atoms with Gasteiger partial charge in [0.15, 0.2) is 0 Å². The number of carbonyl (C=O) groups is 1. The Balaban J connectivity index is 1.98. The van der Waals surface area contributed by atoms with E-state index < -0.39 is 17.6 Å². The van der Waals surface area contributed by atoms with Crippen molar-refractivity contribution in [2.45, 2.75) is 50.2 Å². The van der Waals surface area contributed by atoms with Crippen molar-refractivity contribution >= 4 is 11.6 Å². The normalized spacial score (nSPS) is 27.5. The molecule has 2 N–H and O–H groups in total. The van der Waals surface area contributed by atoms with E-state index in [-0.39, 0.29) is 11.3 Å². The van der Waals surface area contributed by atoms with Gasteiger partial charge in [0.2, 0.25) is 5.54 Å². The first kappa shape index (κ1) is 17.8. The minimum Gasteiger partial charge on any atom is -0.324 e. The minimum absolute atomic E-state index is 0.0665. The molecule has 7 heteroatoms. The number of carbonyl (C=O) groups excluding carboxylic acids is 1. The Kier molecular flexibility index (Phi) is 3.91. The molecule has 1 aromatic carbocycles. The summed E-state index contributed by atoms with van der Waals surface area (Å²) in [6, 6.07) is 5.43. The van der Waals surface area contributed by atoms with Crippen LogP contribution in [0.15, 0.2) is 30.5 Å². The highest BCUT2D eigenvalue weighted by Crippen LogP contribution is 2.48. The average molecular weight is 353 g/mol. The maximum Gasteiger partial charge on any atom is 0.421 e. The number of nitrogens with zero attached hydrogens (tertiary/aromatic N) is 1. The Morgan fingerprint density at radius 1 is 1.36 bits per heavy atom. The number of alkyl halides is 3. The third kappa shape index (κ3) is 2.70. The van der Waals surface area contributed by atoms with Gasteiger partial charge in [-0.25, -0.2) is 5.43 Å². The molecular formula is C18H22F3N3O. The second-order valence-corrected chi connectivity index (χ2v) is 7.55. The first-order chi connectivity index (χ1) is 11.5. The number of fused-ring (bicyclic) bond motifs is 1. The van der Waals surface area contributed by atoms with E-state index in [1.807, 2.05) is 13.0 Å². The summed E-state index contributed by atoms with van der Waals surface area (Å²) in [5.41, 5.74) is 1.83. The molecule has 3 rings (SSSR count). The van der Waals surface area contributed by atoms with E-state index in [2.05, 4.69) is 24.6 Å². The van der Waals surface area contributed by atoms with E-state index in [0.29, 0.717) is 5.69 Å². The van der Waals surface area contributed by atoms with Crippen molar-refractivity contribution in [2.75, 3.05) is 12.4 Å². The van der Waals surface area contributed by atoms with Gasteiger partial charge in [0.1, 0.15) is 0 Å². The number of hydrazine groups is 1. The van der Waals surface area contributed by atoms with Crippen molar-refractivity contribution in [3.8, 4) is 0 Å². The lowest BCUT2D eigenvalue weighted by Gasteiger charge is -2.31. The standard InChI is InChI=1S/C18H22F3N3O/c1-11-10-16(2,3)12-6-5-7-13(14(11)12)22-15(25)17(18(19,20)21)8-9-24(4)23-17/h5-9,11,23H,10H2,1-4H3,(H,22,25)/t11?,17-/m1/s1. The molecule has 0 spiro atoms. The Bertz CT molecular complexity index is 742. The quantitative estimate of drug-likeness (QED) is 0.853. The maximum atomic E-state index is 13.6. The van der Waals surface area contributed by atoms with Crippen LogP contribution in [0.3, 0.4) is 0 Å². The fourth-order valence-electron chi connectivity index (χ4n) is 3.98. The van der Waals surface area contributed by atoms with Gasteiger partial charge in [0, 0.05) is 18.9 Å². The lowest BCUT2D eigenvalue weighted by Crippen LogP contribution is -2.63. The fraction of sp³-hybridized carbons (Fsp3) is 0.500. The highest BCUT2D eigenvalue weighted by molar-refractivity contribution is 6.01. The minimum atomic E-state index is -4.76. The molecule has 4 nitrogen and oxygen atoms in total. The van der Waals surface area contributed by atoms with Gasteiger partial charge in [-0.15, -0.1) is 0 Å². The number of amides is 1. The Hall–Kier alpha value is -2.02. The molecule has 1 aromatic rings. The van der Waals surface area contributed by atoms with E-state index in [9.17, 15) is 18.0 Å². The summed E-state index contributed by atoms with van der Waals surface area (Å²) in [4.78, 5) is 12.6. The average Bonchev–Trinajstić information content (AvgIpc) is 2.99. The lowest BCUT2D eigenvalue weighted by molar-refractivity contribution is -0.189. The molecule has 1 aliphatic heterocycles. The number of hydrogen-bond acceptors (Lipinski definition) is 3. The summed E-state index contributed by atoms with van der Waals surface area (Å²) in [5, 5.41) is 3.65. The molecule has 0 fully saturated rings. The van der Waals surface area contributed by atoms with Gasteiger partial charge >= 0.3 is 6.18 Å². The molecule has 0 radical (unpaired) electrons. The summed E-state index contributed by atoms with van der Waals surface area (Å²) >= 11 is 0. The second-order valence-electron chi connectivity index (χ2n) is 7.55. The van der Waals surface area contributed by atoms with Crippen LogP contribution in [0.2, 0.25) is 0 Å². The Morgan fingerprint density at radius 3 is 2.60 bits per heavy atom. The van der Waals surface area contributed by atoms with Crippen LogP contribution in [0, 0.1) is 0 Å². The first-order valence-electron chi connectivity index (χ1n) is 8.19. The topological polar surface area (TPSA) is 44.4 Å². The predicted octanol–water partition coefficient (Wildman–Crippen LogP) is 3.67. The molecule has 0 saturated carbocycles. The molecule has 1 heterocycles. The van der Waals surface area contributed by atoms with Crippen molar-refractivity contribution in [3.63, 3.8) is 0 Å². The van der Waals surface area contributed by atoms with Crippen LogP contribution in [0.25, 0.3) is 0 Å². The molecule has 1 unspecified atom stereocenters. The molecule has 0 saturated heterocycles. The predicted molar refractivity (Wildman–Crippen MR) is 90.0 cm³/mol. The third-order valence-electron chi connectivity index (χ3n) is 5.10. The van der Waals surface area contributed by atoms with Gasteiger partial charge in [0.25, 0.3) is 5.91 Å². The van der Waals surface area contributed by atoms with Gasteiger partial charge in [-0.3, -0.25) is 4.79 Å². The van der Waals surface area contributed by atoms with E-state index >= 15 is 0 Å². The van der Waals surface area contributed by atoms with E-state index in [1.54, 1.807) is 12.1 Å². The van der Waals surface area contributed by atoms with Crippen molar-refractivity contribution in [3.05, 3.63) is 41.6 Å². The van der Waals surface area contributed by atoms with Crippen LogP contribution >= 0.6 is 0 Å². The van der Waals surface area contributed by atoms with Crippen molar-refractivity contribution in [1.29, 1.82) is 0 Å². The van der Waals surface area contributed by atoms with Gasteiger partial charge in [-0.1, -0.05) is 32.9 Å². The molecular weight excluding hydrogens is 331 g/mol. The lowest BCUT2D eigenvalue weighted by atomic mass is 9.86. The molecule has 25 heavy (non-hydrogen) atoms. The third-order valence-corrected chi connectivity index (χ3v) is 5.10. The van der Waals surface area contributed by atoms with Crippen LogP contribution < -0.4 is 10.7 Å². The van der Waals surface area contributed by atoms with Crippen LogP contribution in [-0.2, 0) is 10.2 Å². The molecule has 1 aliphatic carbocycles. The van der Waals surface area contributed by atoms with Crippen LogP contribution in [0.1, 0.15) is 44.2 Å². The first-order valence-corrected chi connectivity index (χ1v) is 8.19. The highest BCUT2D eigenvalue weighted by atomic mass is 19.4. The summed E-state index contributed by atoms with van der Waals surface area (Å²) < 4.78 is 40.8. The number of rotatable bonds is 2. The zero-order valence-corrected chi connectivity index (χ0v) is 14.7. The highest BCUT2D eigenvalue weighted by Gasteiger charge is 2.61. The zero-order chi connectivity index (χ0) is 18.6. The molecule has 136 valence electrons. The monoisotopic (exact) mass is 353 g/mol.